The van der Waals surface area contributed by atoms with E-state index >= 15 is 0 Å². The molecule has 0 atom stereocenters. The third-order valence-electron chi connectivity index (χ3n) is 3.68. The van der Waals surface area contributed by atoms with Gasteiger partial charge >= 0.3 is 11.0 Å². The second kappa shape index (κ2) is 9.52. The van der Waals surface area contributed by atoms with Crippen LogP contribution in [0.5, 0.6) is 0 Å². The Morgan fingerprint density at radius 1 is 1.30 bits per heavy atom. The Morgan fingerprint density at radius 3 is 2.73 bits per heavy atom. The zero-order valence-electron chi connectivity index (χ0n) is 15.3. The van der Waals surface area contributed by atoms with Crippen molar-refractivity contribution in [1.29, 1.82) is 0 Å². The zero-order chi connectivity index (χ0) is 21.8. The van der Waals surface area contributed by atoms with E-state index in [0.29, 0.717) is 25.1 Å². The van der Waals surface area contributed by atoms with Crippen molar-refractivity contribution in [2.75, 3.05) is 6.61 Å². The summed E-state index contributed by atoms with van der Waals surface area (Å²) >= 11 is 14.4. The molecule has 30 heavy (non-hydrogen) atoms. The van der Waals surface area contributed by atoms with Crippen molar-refractivity contribution in [1.82, 2.24) is 4.57 Å². The molecule has 1 aromatic carbocycles. The summed E-state index contributed by atoms with van der Waals surface area (Å²) in [5.41, 5.74) is 0.517. The highest BCUT2D eigenvalue weighted by Crippen LogP contribution is 2.30. The van der Waals surface area contributed by atoms with Gasteiger partial charge in [-0.25, -0.2) is 0 Å². The van der Waals surface area contributed by atoms with Crippen molar-refractivity contribution in [3.05, 3.63) is 60.2 Å². The number of aromatic nitrogens is 1. The molecule has 12 heteroatoms. The number of carbonyl (C=O) groups excluding carboxylic acids is 2. The number of halogens is 2. The number of nitrogens with zero attached hydrogens (tertiary/aromatic N) is 3. The molecule has 0 bridgehead atoms. The number of rotatable bonds is 6. The lowest BCUT2D eigenvalue weighted by Gasteiger charge is -2.06. The Morgan fingerprint density at radius 2 is 2.07 bits per heavy atom. The zero-order valence-corrected chi connectivity index (χ0v) is 18.5. The smallest absolute Gasteiger partial charge is 0.326 e. The molecule has 8 nitrogen and oxygen atoms in total. The van der Waals surface area contributed by atoms with E-state index in [-0.39, 0.29) is 23.0 Å². The molecular formula is C18H13Cl2N3O5S2. The molecule has 0 saturated heterocycles. The number of hydrogen-bond donors (Lipinski definition) is 0. The van der Waals surface area contributed by atoms with Crippen LogP contribution >= 0.6 is 45.9 Å². The van der Waals surface area contributed by atoms with Gasteiger partial charge in [0.15, 0.2) is 4.80 Å². The lowest BCUT2D eigenvalue weighted by molar-refractivity contribution is -0.380. The Kier molecular flexibility index (Phi) is 7.03. The first kappa shape index (κ1) is 22.2. The lowest BCUT2D eigenvalue weighted by Crippen LogP contribution is -2.23. The van der Waals surface area contributed by atoms with Crippen molar-refractivity contribution in [3.63, 3.8) is 0 Å². The fraction of sp³-hybridized carbons (Fsp3) is 0.167. The van der Waals surface area contributed by atoms with Gasteiger partial charge < -0.3 is 9.30 Å². The summed E-state index contributed by atoms with van der Waals surface area (Å²) in [7, 11) is 0. The number of benzene rings is 1. The van der Waals surface area contributed by atoms with Gasteiger partial charge in [0, 0.05) is 22.0 Å². The Bertz CT molecular complexity index is 1240. The Balaban J connectivity index is 1.99. The highest BCUT2D eigenvalue weighted by atomic mass is 35.5. The van der Waals surface area contributed by atoms with Crippen molar-refractivity contribution < 1.29 is 19.2 Å². The van der Waals surface area contributed by atoms with Gasteiger partial charge in [0.2, 0.25) is 0 Å². The summed E-state index contributed by atoms with van der Waals surface area (Å²) in [6.45, 7) is 1.72. The standard InChI is InChI=1S/C18H13Cl2N3O5S2/c1-2-28-16(25)9-22-17-12(20)7-10(19)8-13(17)30-18(22)21-14(24)5-3-11-4-6-15(29-11)23(26)27/h3-8H,2,9H2,1H3/b5-3+,21-18?. The Hall–Kier alpha value is -2.53. The molecule has 156 valence electrons. The monoisotopic (exact) mass is 485 g/mol. The number of thiazole rings is 1. The van der Waals surface area contributed by atoms with E-state index in [9.17, 15) is 19.7 Å². The van der Waals surface area contributed by atoms with Crippen LogP contribution in [0.3, 0.4) is 0 Å². The topological polar surface area (TPSA) is 104 Å². The molecule has 1 amide bonds. The molecule has 2 heterocycles. The third kappa shape index (κ3) is 5.14. The van der Waals surface area contributed by atoms with Crippen molar-refractivity contribution in [2.24, 2.45) is 4.99 Å². The third-order valence-corrected chi connectivity index (χ3v) is 6.21. The first-order valence-electron chi connectivity index (χ1n) is 8.43. The average Bonchev–Trinajstić information content (AvgIpc) is 3.26. The van der Waals surface area contributed by atoms with Gasteiger partial charge in [0.1, 0.15) is 6.54 Å². The molecule has 0 aliphatic heterocycles. The summed E-state index contributed by atoms with van der Waals surface area (Å²) in [6, 6.07) is 6.10. The summed E-state index contributed by atoms with van der Waals surface area (Å²) in [5.74, 6) is -1.10. The average molecular weight is 486 g/mol. The van der Waals surface area contributed by atoms with E-state index in [2.05, 4.69) is 4.99 Å². The van der Waals surface area contributed by atoms with E-state index in [4.69, 9.17) is 27.9 Å². The van der Waals surface area contributed by atoms with Crippen molar-refractivity contribution in [2.45, 2.75) is 13.5 Å². The van der Waals surface area contributed by atoms with Gasteiger partial charge in [-0.1, -0.05) is 45.9 Å². The molecule has 2 aromatic heterocycles. The van der Waals surface area contributed by atoms with Crippen LogP contribution in [0.1, 0.15) is 11.8 Å². The highest BCUT2D eigenvalue weighted by Gasteiger charge is 2.15. The molecule has 3 rings (SSSR count). The van der Waals surface area contributed by atoms with Crippen LogP contribution in [0.15, 0.2) is 35.3 Å². The molecule has 0 radical (unpaired) electrons. The maximum absolute atomic E-state index is 12.4. The highest BCUT2D eigenvalue weighted by molar-refractivity contribution is 7.16. The number of esters is 1. The first-order valence-corrected chi connectivity index (χ1v) is 10.8. The molecule has 0 saturated carbocycles. The second-order valence-electron chi connectivity index (χ2n) is 5.73. The predicted molar refractivity (Wildman–Crippen MR) is 117 cm³/mol. The number of thiophene rings is 1. The SMILES string of the molecule is CCOC(=O)Cn1c(=NC(=O)/C=C/c2ccc([N+](=O)[O-])s2)sc2cc(Cl)cc(Cl)c21. The van der Waals surface area contributed by atoms with Gasteiger partial charge in [0.25, 0.3) is 5.91 Å². The molecule has 0 N–H and O–H groups in total. The fourth-order valence-electron chi connectivity index (χ4n) is 2.51. The Labute approximate surface area is 187 Å². The normalized spacial score (nSPS) is 12.0. The summed E-state index contributed by atoms with van der Waals surface area (Å²) in [4.78, 5) is 39.5. The van der Waals surface area contributed by atoms with Crippen molar-refractivity contribution in [3.8, 4) is 0 Å². The maximum atomic E-state index is 12.4. The minimum Gasteiger partial charge on any atom is -0.465 e. The summed E-state index contributed by atoms with van der Waals surface area (Å²) < 4.78 is 7.15. The number of fused-ring (bicyclic) bond motifs is 1. The van der Waals surface area contributed by atoms with Crippen LogP contribution in [0, 0.1) is 10.1 Å². The quantitative estimate of drug-likeness (QED) is 0.218. The summed E-state index contributed by atoms with van der Waals surface area (Å²) in [5, 5.41) is 11.4. The minimum atomic E-state index is -0.600. The number of nitro groups is 1. The fourth-order valence-corrected chi connectivity index (χ4v) is 5.05. The lowest BCUT2D eigenvalue weighted by atomic mass is 10.3. The van der Waals surface area contributed by atoms with Crippen LogP contribution < -0.4 is 4.80 Å². The van der Waals surface area contributed by atoms with Crippen LogP contribution in [0.4, 0.5) is 5.00 Å². The van der Waals surface area contributed by atoms with E-state index in [0.717, 1.165) is 22.7 Å². The molecule has 3 aromatic rings. The molecule has 0 aliphatic rings. The predicted octanol–water partition coefficient (Wildman–Crippen LogP) is 4.68. The number of carbonyl (C=O) groups is 2. The van der Waals surface area contributed by atoms with Gasteiger partial charge in [-0.15, -0.1) is 0 Å². The van der Waals surface area contributed by atoms with E-state index in [1.807, 2.05) is 0 Å². The van der Waals surface area contributed by atoms with Crippen molar-refractivity contribution >= 4 is 79.0 Å². The van der Waals surface area contributed by atoms with Gasteiger partial charge in [-0.05, 0) is 31.2 Å². The first-order chi connectivity index (χ1) is 14.3. The largest absolute Gasteiger partial charge is 0.465 e. The van der Waals surface area contributed by atoms with E-state index in [1.165, 1.54) is 34.9 Å². The second-order valence-corrected chi connectivity index (χ2v) is 8.67. The van der Waals surface area contributed by atoms with Gasteiger partial charge in [0.05, 0.1) is 26.8 Å². The van der Waals surface area contributed by atoms with E-state index in [1.54, 1.807) is 13.0 Å². The van der Waals surface area contributed by atoms with Gasteiger partial charge in [-0.2, -0.15) is 4.99 Å². The molecule has 0 aliphatic carbocycles. The van der Waals surface area contributed by atoms with Crippen LogP contribution in [0.2, 0.25) is 10.0 Å². The minimum absolute atomic E-state index is 0.0256. The van der Waals surface area contributed by atoms with Crippen LogP contribution in [-0.4, -0.2) is 28.0 Å². The number of amides is 1. The molecule has 0 fully saturated rings. The number of ether oxygens (including phenoxy) is 1. The van der Waals surface area contributed by atoms with Crippen LogP contribution in [-0.2, 0) is 20.9 Å². The van der Waals surface area contributed by atoms with E-state index < -0.39 is 16.8 Å². The van der Waals surface area contributed by atoms with Crippen LogP contribution in [0.25, 0.3) is 16.3 Å². The number of hydrogen-bond acceptors (Lipinski definition) is 7. The maximum Gasteiger partial charge on any atom is 0.326 e. The summed E-state index contributed by atoms with van der Waals surface area (Å²) in [6.07, 6.45) is 2.64. The van der Waals surface area contributed by atoms with Gasteiger partial charge in [-0.3, -0.25) is 19.7 Å². The molecule has 0 spiro atoms. The molecule has 0 unspecified atom stereocenters. The molecular weight excluding hydrogens is 473 g/mol.